The molecule has 1 fully saturated rings. The first kappa shape index (κ1) is 17.5. The summed E-state index contributed by atoms with van der Waals surface area (Å²) < 4.78 is 15.4. The number of nitrogens with one attached hydrogen (secondary N) is 1. The highest BCUT2D eigenvalue weighted by molar-refractivity contribution is 6.06. The smallest absolute Gasteiger partial charge is 0.254 e. The Morgan fingerprint density at radius 3 is 3.00 bits per heavy atom. The van der Waals surface area contributed by atoms with Gasteiger partial charge in [-0.25, -0.2) is 4.39 Å². The number of likely N-dealkylation sites (tertiary alicyclic amines) is 1. The molecule has 1 atom stereocenters. The predicted molar refractivity (Wildman–Crippen MR) is 100 cm³/mol. The van der Waals surface area contributed by atoms with E-state index in [1.54, 1.807) is 12.3 Å². The maximum atomic E-state index is 13.5. The summed E-state index contributed by atoms with van der Waals surface area (Å²) in [4.78, 5) is 29.8. The van der Waals surface area contributed by atoms with Crippen molar-refractivity contribution in [2.24, 2.45) is 0 Å². The molecular formula is C20H21FN4O2. The Hall–Kier alpha value is -2.96. The van der Waals surface area contributed by atoms with Gasteiger partial charge in [-0.15, -0.1) is 0 Å². The summed E-state index contributed by atoms with van der Waals surface area (Å²) in [7, 11) is 0. The largest absolute Gasteiger partial charge is 0.336 e. The number of aryl methyl sites for hydroxylation is 1. The molecule has 1 amide bonds. The average molecular weight is 368 g/mol. The fourth-order valence-electron chi connectivity index (χ4n) is 3.85. The van der Waals surface area contributed by atoms with E-state index in [1.165, 1.54) is 18.2 Å². The van der Waals surface area contributed by atoms with Crippen LogP contribution in [0.25, 0.3) is 10.9 Å². The second-order valence-electron chi connectivity index (χ2n) is 6.94. The number of pyridine rings is 1. The zero-order valence-corrected chi connectivity index (χ0v) is 14.9. The third kappa shape index (κ3) is 3.63. The van der Waals surface area contributed by atoms with Crippen molar-refractivity contribution >= 4 is 16.8 Å². The van der Waals surface area contributed by atoms with E-state index in [2.05, 4.69) is 10.1 Å². The van der Waals surface area contributed by atoms with Crippen molar-refractivity contribution in [1.82, 2.24) is 19.7 Å². The number of carbonyl (C=O) groups excluding carboxylic acids is 1. The third-order valence-electron chi connectivity index (χ3n) is 5.17. The number of aromatic nitrogens is 3. The number of fused-ring (bicyclic) bond motifs is 1. The number of H-pyrrole nitrogens is 1. The van der Waals surface area contributed by atoms with E-state index in [9.17, 15) is 14.0 Å². The molecule has 1 aromatic carbocycles. The van der Waals surface area contributed by atoms with Gasteiger partial charge >= 0.3 is 0 Å². The number of hydrogen-bond donors (Lipinski definition) is 1. The van der Waals surface area contributed by atoms with Crippen LogP contribution in [0.3, 0.4) is 0 Å². The Kier molecular flexibility index (Phi) is 4.75. The molecule has 0 bridgehead atoms. The van der Waals surface area contributed by atoms with Crippen LogP contribution >= 0.6 is 0 Å². The molecule has 3 aromatic rings. The Morgan fingerprint density at radius 2 is 2.19 bits per heavy atom. The molecule has 27 heavy (non-hydrogen) atoms. The lowest BCUT2D eigenvalue weighted by atomic mass is 9.97. The van der Waals surface area contributed by atoms with E-state index < -0.39 is 11.4 Å². The zero-order chi connectivity index (χ0) is 18.8. The average Bonchev–Trinajstić information content (AvgIpc) is 3.18. The minimum atomic E-state index is -0.446. The Balaban J connectivity index is 1.63. The number of carbonyl (C=O) groups is 1. The molecule has 1 saturated heterocycles. The van der Waals surface area contributed by atoms with Gasteiger partial charge in [0.25, 0.3) is 5.91 Å². The number of piperidine rings is 1. The molecule has 0 unspecified atom stereocenters. The van der Waals surface area contributed by atoms with Gasteiger partial charge in [0, 0.05) is 43.0 Å². The number of halogens is 1. The fraction of sp³-hybridized carbons (Fsp3) is 0.350. The maximum Gasteiger partial charge on any atom is 0.254 e. The molecule has 4 rings (SSSR count). The maximum absolute atomic E-state index is 13.5. The molecule has 6 nitrogen and oxygen atoms in total. The van der Waals surface area contributed by atoms with Crippen LogP contribution in [-0.2, 0) is 6.54 Å². The SMILES string of the molecule is O=C(c1cc(=O)[nH]c2cc(F)ccc12)N1CCCC[C@H]1CCn1cccn1. The highest BCUT2D eigenvalue weighted by Gasteiger charge is 2.28. The number of amides is 1. The number of hydrogen-bond acceptors (Lipinski definition) is 3. The lowest BCUT2D eigenvalue weighted by molar-refractivity contribution is 0.0596. The monoisotopic (exact) mass is 368 g/mol. The fourth-order valence-corrected chi connectivity index (χ4v) is 3.85. The minimum Gasteiger partial charge on any atom is -0.336 e. The highest BCUT2D eigenvalue weighted by Crippen LogP contribution is 2.25. The number of aromatic amines is 1. The van der Waals surface area contributed by atoms with Crippen molar-refractivity contribution in [3.63, 3.8) is 0 Å². The summed E-state index contributed by atoms with van der Waals surface area (Å²) in [5.41, 5.74) is 0.275. The molecule has 0 aliphatic carbocycles. The summed E-state index contributed by atoms with van der Waals surface area (Å²) in [6.07, 6.45) is 7.42. The van der Waals surface area contributed by atoms with Crippen molar-refractivity contribution in [2.75, 3.05) is 6.54 Å². The molecule has 1 N–H and O–H groups in total. The number of nitrogens with zero attached hydrogens (tertiary/aromatic N) is 3. The van der Waals surface area contributed by atoms with Crippen LogP contribution in [0.4, 0.5) is 4.39 Å². The minimum absolute atomic E-state index is 0.102. The Morgan fingerprint density at radius 1 is 1.30 bits per heavy atom. The summed E-state index contributed by atoms with van der Waals surface area (Å²) in [5, 5.41) is 4.79. The summed E-state index contributed by atoms with van der Waals surface area (Å²) in [6.45, 7) is 1.40. The molecule has 0 radical (unpaired) electrons. The number of rotatable bonds is 4. The van der Waals surface area contributed by atoms with Gasteiger partial charge in [-0.3, -0.25) is 14.3 Å². The van der Waals surface area contributed by atoms with Crippen molar-refractivity contribution < 1.29 is 9.18 Å². The standard InChI is InChI=1S/C20H21FN4O2/c21-14-5-6-16-17(13-19(26)23-18(16)12-14)20(27)25-10-2-1-4-15(25)7-11-24-9-3-8-22-24/h3,5-6,8-9,12-13,15H,1-2,4,7,10-11H2,(H,23,26)/t15-/m0/s1. The predicted octanol–water partition coefficient (Wildman–Crippen LogP) is 2.95. The second-order valence-corrected chi connectivity index (χ2v) is 6.94. The lowest BCUT2D eigenvalue weighted by Crippen LogP contribution is -2.44. The van der Waals surface area contributed by atoms with Crippen molar-refractivity contribution in [3.05, 3.63) is 64.5 Å². The van der Waals surface area contributed by atoms with Crippen LogP contribution in [0, 0.1) is 5.82 Å². The van der Waals surface area contributed by atoms with E-state index in [0.29, 0.717) is 23.0 Å². The quantitative estimate of drug-likeness (QED) is 0.770. The molecule has 1 aliphatic rings. The van der Waals surface area contributed by atoms with Crippen LogP contribution in [0.2, 0.25) is 0 Å². The van der Waals surface area contributed by atoms with E-state index in [-0.39, 0.29) is 11.9 Å². The van der Waals surface area contributed by atoms with Gasteiger partial charge in [-0.1, -0.05) is 0 Å². The van der Waals surface area contributed by atoms with Crippen LogP contribution < -0.4 is 5.56 Å². The summed E-state index contributed by atoms with van der Waals surface area (Å²) in [6, 6.07) is 7.41. The topological polar surface area (TPSA) is 71.0 Å². The first-order valence-electron chi connectivity index (χ1n) is 9.23. The van der Waals surface area contributed by atoms with E-state index in [4.69, 9.17) is 0 Å². The van der Waals surface area contributed by atoms with Gasteiger partial charge in [0.15, 0.2) is 0 Å². The third-order valence-corrected chi connectivity index (χ3v) is 5.17. The molecule has 0 spiro atoms. The van der Waals surface area contributed by atoms with Crippen molar-refractivity contribution in [3.8, 4) is 0 Å². The van der Waals surface area contributed by atoms with E-state index in [1.807, 2.05) is 21.8 Å². The van der Waals surface area contributed by atoms with Crippen LogP contribution in [0.1, 0.15) is 36.0 Å². The van der Waals surface area contributed by atoms with Gasteiger partial charge in [-0.2, -0.15) is 5.10 Å². The molecule has 2 aromatic heterocycles. The van der Waals surface area contributed by atoms with Crippen molar-refractivity contribution in [1.29, 1.82) is 0 Å². The van der Waals surface area contributed by atoms with E-state index >= 15 is 0 Å². The van der Waals surface area contributed by atoms with Crippen LogP contribution in [-0.4, -0.2) is 38.2 Å². The molecule has 7 heteroatoms. The molecule has 1 aliphatic heterocycles. The first-order chi connectivity index (χ1) is 13.1. The van der Waals surface area contributed by atoms with Gasteiger partial charge < -0.3 is 9.88 Å². The molecule has 3 heterocycles. The van der Waals surface area contributed by atoms with Crippen LogP contribution in [0.15, 0.2) is 47.5 Å². The normalized spacial score (nSPS) is 17.4. The number of benzene rings is 1. The van der Waals surface area contributed by atoms with Gasteiger partial charge in [-0.05, 0) is 49.9 Å². The molecular weight excluding hydrogens is 347 g/mol. The van der Waals surface area contributed by atoms with E-state index in [0.717, 1.165) is 32.2 Å². The summed E-state index contributed by atoms with van der Waals surface area (Å²) in [5.74, 6) is -0.610. The second kappa shape index (κ2) is 7.34. The van der Waals surface area contributed by atoms with Gasteiger partial charge in [0.1, 0.15) is 5.82 Å². The Labute approximate surface area is 155 Å². The van der Waals surface area contributed by atoms with Gasteiger partial charge in [0.2, 0.25) is 5.56 Å². The zero-order valence-electron chi connectivity index (χ0n) is 14.9. The Bertz CT molecular complexity index is 1010. The first-order valence-corrected chi connectivity index (χ1v) is 9.23. The molecule has 140 valence electrons. The highest BCUT2D eigenvalue weighted by atomic mass is 19.1. The van der Waals surface area contributed by atoms with Crippen LogP contribution in [0.5, 0.6) is 0 Å². The lowest BCUT2D eigenvalue weighted by Gasteiger charge is -2.36. The summed E-state index contributed by atoms with van der Waals surface area (Å²) >= 11 is 0. The van der Waals surface area contributed by atoms with Crippen molar-refractivity contribution in [2.45, 2.75) is 38.3 Å². The van der Waals surface area contributed by atoms with Gasteiger partial charge in [0.05, 0.1) is 11.1 Å². The molecule has 0 saturated carbocycles.